The van der Waals surface area contributed by atoms with Gasteiger partial charge in [-0.15, -0.1) is 0 Å². The summed E-state index contributed by atoms with van der Waals surface area (Å²) in [6, 6.07) is 0. The maximum absolute atomic E-state index is 13.7. The lowest BCUT2D eigenvalue weighted by Gasteiger charge is -2.28. The molecule has 0 aromatic heterocycles. The predicted octanol–water partition coefficient (Wildman–Crippen LogP) is 9.94. The topological polar surface area (TPSA) is 315 Å². The summed E-state index contributed by atoms with van der Waals surface area (Å²) >= 11 is 0. The van der Waals surface area contributed by atoms with Crippen LogP contribution in [0, 0.1) is 5.41 Å². The maximum Gasteiger partial charge on any atom is 0.317 e. The molecule has 0 saturated carbocycles. The van der Waals surface area contributed by atoms with Gasteiger partial charge >= 0.3 is 5.97 Å². The highest BCUT2D eigenvalue weighted by atomic mass is 16.6. The van der Waals surface area contributed by atoms with Crippen LogP contribution in [0.3, 0.4) is 0 Å². The number of Topliss-reactive ketones (excluding diaryl/α,β-unsaturated/α-hetero) is 1. The van der Waals surface area contributed by atoms with E-state index >= 15 is 0 Å². The fraction of sp³-hybridized carbons (Fsp3) is 0.973. The SMILES string of the molecule is CCCCCCCCCCCC(CCCCCCCCCCC)(C(=O)O)C(=O)CCCOCCOCCOCCOCCOCCOCCOCCOCCOCCOCCOCCOCCOCCOCCOCCOCCOCCOCCOCCOCCOCCOCCOCCN=[N+]=[N-]. The van der Waals surface area contributed by atoms with Crippen LogP contribution in [0.15, 0.2) is 5.11 Å². The van der Waals surface area contributed by atoms with E-state index in [9.17, 15) is 14.7 Å². The van der Waals surface area contributed by atoms with Crippen LogP contribution in [0.5, 0.6) is 0 Å². The second-order valence-corrected chi connectivity index (χ2v) is 24.1. The third kappa shape index (κ3) is 80.4. The van der Waals surface area contributed by atoms with Gasteiger partial charge in [-0.05, 0) is 24.8 Å². The first-order valence-electron chi connectivity index (χ1n) is 39.1. The molecule has 0 heterocycles. The van der Waals surface area contributed by atoms with E-state index < -0.39 is 11.4 Å². The molecule has 0 radical (unpaired) electrons. The van der Waals surface area contributed by atoms with Crippen LogP contribution in [0.4, 0.5) is 0 Å². The Kier molecular flexibility index (Phi) is 88.0. The zero-order chi connectivity index (χ0) is 74.1. The number of carboxylic acid groups (broad SMARTS) is 1. The third-order valence-corrected chi connectivity index (χ3v) is 15.6. The van der Waals surface area contributed by atoms with E-state index in [0.29, 0.717) is 330 Å². The summed E-state index contributed by atoms with van der Waals surface area (Å²) in [7, 11) is 0. The van der Waals surface area contributed by atoms with Crippen molar-refractivity contribution in [3.63, 3.8) is 0 Å². The molecule has 0 aliphatic rings. The van der Waals surface area contributed by atoms with Crippen molar-refractivity contribution in [1.29, 1.82) is 0 Å². The summed E-state index contributed by atoms with van der Waals surface area (Å²) < 4.78 is 127. The van der Waals surface area contributed by atoms with Gasteiger partial charge in [0.1, 0.15) is 11.2 Å². The van der Waals surface area contributed by atoms with Gasteiger partial charge in [0.05, 0.1) is 297 Å². The van der Waals surface area contributed by atoms with Crippen LogP contribution in [-0.4, -0.2) is 327 Å². The first-order valence-corrected chi connectivity index (χ1v) is 39.1. The van der Waals surface area contributed by atoms with E-state index in [0.717, 1.165) is 38.5 Å². The second kappa shape index (κ2) is 90.1. The molecule has 1 N–H and O–H groups in total. The maximum atomic E-state index is 13.7. The molecule has 0 aromatic carbocycles. The quantitative estimate of drug-likeness (QED) is 0.0194. The molecule has 0 spiro atoms. The number of carbonyl (C=O) groups excluding carboxylic acids is 1. The van der Waals surface area contributed by atoms with E-state index in [1.807, 2.05) is 0 Å². The van der Waals surface area contributed by atoms with E-state index in [1.54, 1.807) is 0 Å². The molecule has 0 rings (SSSR count). The first kappa shape index (κ1) is 101. The van der Waals surface area contributed by atoms with Crippen LogP contribution in [0.25, 0.3) is 10.4 Å². The van der Waals surface area contributed by atoms with Crippen molar-refractivity contribution in [2.24, 2.45) is 10.5 Å². The molecule has 103 heavy (non-hydrogen) atoms. The van der Waals surface area contributed by atoms with Crippen molar-refractivity contribution in [3.8, 4) is 0 Å². The van der Waals surface area contributed by atoms with E-state index in [-0.39, 0.29) is 12.2 Å². The normalized spacial score (nSPS) is 11.8. The number of hydrogen-bond acceptors (Lipinski definition) is 26. The van der Waals surface area contributed by atoms with Crippen molar-refractivity contribution in [2.45, 2.75) is 155 Å². The van der Waals surface area contributed by atoms with Gasteiger partial charge in [0, 0.05) is 24.5 Å². The number of aliphatic carboxylic acids is 1. The van der Waals surface area contributed by atoms with Crippen molar-refractivity contribution in [1.82, 2.24) is 0 Å². The van der Waals surface area contributed by atoms with Gasteiger partial charge in [0.25, 0.3) is 0 Å². The Morgan fingerprint density at radius 1 is 0.252 bits per heavy atom. The molecule has 29 nitrogen and oxygen atoms in total. The highest BCUT2D eigenvalue weighted by Crippen LogP contribution is 2.35. The molecule has 0 aromatic rings. The zero-order valence-corrected chi connectivity index (χ0v) is 64.3. The first-order chi connectivity index (χ1) is 51.0. The minimum atomic E-state index is -1.28. The Bertz CT molecular complexity index is 1680. The van der Waals surface area contributed by atoms with Crippen molar-refractivity contribution >= 4 is 11.8 Å². The van der Waals surface area contributed by atoms with E-state index in [1.165, 1.54) is 77.0 Å². The number of unbranched alkanes of at least 4 members (excludes halogenated alkanes) is 16. The Labute approximate surface area is 619 Å². The molecule has 0 fully saturated rings. The molecule has 612 valence electrons. The molecule has 0 unspecified atom stereocenters. The molecular weight excluding hydrogens is 1350 g/mol. The number of carboxylic acids is 1. The lowest BCUT2D eigenvalue weighted by atomic mass is 9.73. The van der Waals surface area contributed by atoms with Gasteiger partial charge in [0.15, 0.2) is 0 Å². The van der Waals surface area contributed by atoms with Crippen molar-refractivity contribution in [2.75, 3.05) is 310 Å². The average Bonchev–Trinajstić information content (AvgIpc) is 0.820. The number of azide groups is 1. The standard InChI is InChI=1S/C74H145N3O26/c1-3-5-7-9-11-13-15-17-19-23-74(73(79)80,24-20-18-16-14-12-10-8-6-4-2)72(78)22-21-26-81-28-30-83-32-34-85-36-38-87-40-42-89-44-46-91-48-50-93-52-54-95-56-58-97-60-62-99-64-66-101-68-70-103-71-69-102-67-65-100-63-61-98-59-57-96-55-53-94-51-49-92-47-45-90-43-41-88-39-37-86-35-33-84-31-29-82-27-25-76-77-75/h3-71H2,1-2H3,(H,79,80). The zero-order valence-electron chi connectivity index (χ0n) is 64.3. The highest BCUT2D eigenvalue weighted by Gasteiger charge is 2.44. The molecule has 0 aliphatic carbocycles. The number of hydrogen-bond donors (Lipinski definition) is 1. The fourth-order valence-corrected chi connectivity index (χ4v) is 9.88. The number of ether oxygens (including phenoxy) is 23. The molecule has 0 saturated heterocycles. The Morgan fingerprint density at radius 2 is 0.417 bits per heavy atom. The van der Waals surface area contributed by atoms with E-state index in [4.69, 9.17) is 114 Å². The molecule has 0 atom stereocenters. The fourth-order valence-electron chi connectivity index (χ4n) is 9.88. The molecular formula is C74H145N3O26. The third-order valence-electron chi connectivity index (χ3n) is 15.6. The van der Waals surface area contributed by atoms with Crippen LogP contribution in [0.2, 0.25) is 0 Å². The summed E-state index contributed by atoms with van der Waals surface area (Å²) in [5, 5.41) is 13.9. The summed E-state index contributed by atoms with van der Waals surface area (Å²) in [5.41, 5.74) is 6.90. The van der Waals surface area contributed by atoms with Crippen LogP contribution in [-0.2, 0) is 119 Å². The van der Waals surface area contributed by atoms with Crippen LogP contribution in [0.1, 0.15) is 155 Å². The summed E-state index contributed by atoms with van der Waals surface area (Å²) in [6.07, 6.45) is 22.4. The number of rotatable bonds is 95. The predicted molar refractivity (Wildman–Crippen MR) is 391 cm³/mol. The van der Waals surface area contributed by atoms with Gasteiger partial charge in [0.2, 0.25) is 0 Å². The van der Waals surface area contributed by atoms with E-state index in [2.05, 4.69) is 23.9 Å². The smallest absolute Gasteiger partial charge is 0.317 e. The Hall–Kier alpha value is -2.47. The molecule has 0 bridgehead atoms. The lowest BCUT2D eigenvalue weighted by molar-refractivity contribution is -0.156. The monoisotopic (exact) mass is 1490 g/mol. The summed E-state index contributed by atoms with van der Waals surface area (Å²) in [6.45, 7) is 26.2. The van der Waals surface area contributed by atoms with Crippen LogP contribution >= 0.6 is 0 Å². The Balaban J connectivity index is 3.39. The lowest BCUT2D eigenvalue weighted by Crippen LogP contribution is -2.39. The second-order valence-electron chi connectivity index (χ2n) is 24.1. The number of nitrogens with zero attached hydrogens (tertiary/aromatic N) is 3. The highest BCUT2D eigenvalue weighted by molar-refractivity contribution is 6.03. The summed E-state index contributed by atoms with van der Waals surface area (Å²) in [5.74, 6) is -1.08. The number of ketones is 1. The van der Waals surface area contributed by atoms with Crippen molar-refractivity contribution in [3.05, 3.63) is 10.4 Å². The van der Waals surface area contributed by atoms with Gasteiger partial charge < -0.3 is 114 Å². The molecule has 29 heteroatoms. The molecule has 0 amide bonds. The number of carbonyl (C=O) groups is 2. The van der Waals surface area contributed by atoms with Gasteiger partial charge in [-0.25, -0.2) is 0 Å². The average molecular weight is 1490 g/mol. The van der Waals surface area contributed by atoms with Gasteiger partial charge in [-0.3, -0.25) is 9.59 Å². The minimum Gasteiger partial charge on any atom is -0.480 e. The van der Waals surface area contributed by atoms with Crippen LogP contribution < -0.4 is 0 Å². The summed E-state index contributed by atoms with van der Waals surface area (Å²) in [4.78, 5) is 29.2. The van der Waals surface area contributed by atoms with Crippen molar-refractivity contribution < 1.29 is 124 Å². The minimum absolute atomic E-state index is 0.133. The van der Waals surface area contributed by atoms with Gasteiger partial charge in [-0.1, -0.05) is 135 Å². The Morgan fingerprint density at radius 3 is 0.592 bits per heavy atom. The van der Waals surface area contributed by atoms with Gasteiger partial charge in [-0.2, -0.15) is 0 Å². The molecule has 0 aliphatic heterocycles. The largest absolute Gasteiger partial charge is 0.480 e.